The van der Waals surface area contributed by atoms with E-state index in [0.29, 0.717) is 11.8 Å². The van der Waals surface area contributed by atoms with Gasteiger partial charge in [0.15, 0.2) is 0 Å². The first kappa shape index (κ1) is 22.6. The van der Waals surface area contributed by atoms with E-state index in [2.05, 4.69) is 20.8 Å². The second-order valence-electron chi connectivity index (χ2n) is 9.63. The fraction of sp³-hybridized carbons (Fsp3) is 0.682. The maximum absolute atomic E-state index is 10.8. The van der Waals surface area contributed by atoms with Crippen molar-refractivity contribution >= 4 is 23.2 Å². The summed E-state index contributed by atoms with van der Waals surface area (Å²) in [6.07, 6.45) is 8.85. The van der Waals surface area contributed by atoms with Crippen molar-refractivity contribution in [1.29, 1.82) is 0 Å². The Morgan fingerprint density at radius 3 is 2.07 bits per heavy atom. The van der Waals surface area contributed by atoms with Gasteiger partial charge in [0.1, 0.15) is 11.5 Å². The van der Waals surface area contributed by atoms with Crippen LogP contribution in [0.5, 0.6) is 11.5 Å². The van der Waals surface area contributed by atoms with Gasteiger partial charge in [0.25, 0.3) is 0 Å². The molecule has 1 aromatic carbocycles. The molecule has 0 heterocycles. The number of hydrogen-bond donors (Lipinski definition) is 1. The number of aliphatic imine (C=N–C) groups is 1. The standard InChI is InChI=1S/C22H31NO2.2ClH.Zr/c1-22(2,3)19-11-18(25-4)10-17(21(19)24)12-23-20-15-6-13-5-14(8-15)9-16(20)7-13;;;/h10-16,20,24H,5-9H2,1-4H3;2*1H;/q;;;+2/p-2. The van der Waals surface area contributed by atoms with Crippen molar-refractivity contribution < 1.29 is 30.7 Å². The maximum atomic E-state index is 10.8. The molecule has 28 heavy (non-hydrogen) atoms. The monoisotopic (exact) mass is 501 g/mol. The van der Waals surface area contributed by atoms with Crippen molar-refractivity contribution in [3.8, 4) is 11.5 Å². The molecule has 0 radical (unpaired) electrons. The van der Waals surface area contributed by atoms with Crippen molar-refractivity contribution in [2.75, 3.05) is 7.11 Å². The van der Waals surface area contributed by atoms with Gasteiger partial charge in [-0.15, -0.1) is 0 Å². The molecule has 0 aromatic heterocycles. The molecule has 0 unspecified atom stereocenters. The average molecular weight is 504 g/mol. The average Bonchev–Trinajstić information content (AvgIpc) is 2.61. The summed E-state index contributed by atoms with van der Waals surface area (Å²) in [5.41, 5.74) is 1.57. The molecule has 0 saturated heterocycles. The van der Waals surface area contributed by atoms with Crippen molar-refractivity contribution in [1.82, 2.24) is 0 Å². The van der Waals surface area contributed by atoms with Gasteiger partial charge in [-0.3, -0.25) is 4.99 Å². The molecule has 6 heteroatoms. The topological polar surface area (TPSA) is 41.8 Å². The zero-order valence-electron chi connectivity index (χ0n) is 17.2. The summed E-state index contributed by atoms with van der Waals surface area (Å²) in [5.74, 6) is 4.60. The van der Waals surface area contributed by atoms with E-state index in [1.165, 1.54) is 32.1 Å². The molecule has 4 aliphatic rings. The molecule has 3 nitrogen and oxygen atoms in total. The SMILES string of the molecule is COc1cc(C=NC2C3CC4CC(C3)CC2C4)c(O)c(C(C)(C)C)c1.[Cl][Zr][Cl]. The van der Waals surface area contributed by atoms with Gasteiger partial charge >= 0.3 is 37.9 Å². The summed E-state index contributed by atoms with van der Waals surface area (Å²) in [6.45, 7) is 6.33. The molecule has 5 rings (SSSR count). The van der Waals surface area contributed by atoms with Crippen molar-refractivity contribution in [2.45, 2.75) is 64.3 Å². The molecular weight excluding hydrogens is 472 g/mol. The first-order chi connectivity index (χ1) is 13.3. The van der Waals surface area contributed by atoms with E-state index in [9.17, 15) is 5.11 Å². The number of aromatic hydroxyl groups is 1. The molecule has 0 amide bonds. The molecule has 0 atom stereocenters. The summed E-state index contributed by atoms with van der Waals surface area (Å²) in [7, 11) is 11.5. The molecular formula is C22H31Cl2NO2Zr. The molecule has 1 N–H and O–H groups in total. The van der Waals surface area contributed by atoms with Crippen LogP contribution in [0.2, 0.25) is 0 Å². The van der Waals surface area contributed by atoms with Crippen molar-refractivity contribution in [3.63, 3.8) is 0 Å². The van der Waals surface area contributed by atoms with Gasteiger partial charge in [-0.05, 0) is 73.3 Å². The number of ether oxygens (including phenoxy) is 1. The van der Waals surface area contributed by atoms with E-state index in [4.69, 9.17) is 26.8 Å². The Morgan fingerprint density at radius 2 is 1.61 bits per heavy atom. The van der Waals surface area contributed by atoms with Gasteiger partial charge in [-0.2, -0.15) is 0 Å². The number of phenols is 1. The van der Waals surface area contributed by atoms with Crippen LogP contribution >= 0.6 is 17.0 Å². The van der Waals surface area contributed by atoms with Crippen LogP contribution in [-0.4, -0.2) is 24.5 Å². The molecule has 0 spiro atoms. The van der Waals surface area contributed by atoms with Crippen LogP contribution in [0.15, 0.2) is 17.1 Å². The summed E-state index contributed by atoms with van der Waals surface area (Å²) in [5, 5.41) is 10.8. The Kier molecular flexibility index (Phi) is 7.60. The van der Waals surface area contributed by atoms with Gasteiger partial charge in [0.05, 0.1) is 13.2 Å². The Labute approximate surface area is 187 Å². The molecule has 4 fully saturated rings. The van der Waals surface area contributed by atoms with Crippen LogP contribution in [0.4, 0.5) is 0 Å². The third kappa shape index (κ3) is 4.98. The fourth-order valence-corrected chi connectivity index (χ4v) is 5.72. The van der Waals surface area contributed by atoms with E-state index in [1.54, 1.807) is 7.11 Å². The number of phenolic OH excluding ortho intramolecular Hbond substituents is 1. The zero-order valence-corrected chi connectivity index (χ0v) is 21.2. The van der Waals surface area contributed by atoms with Gasteiger partial charge in [-0.25, -0.2) is 0 Å². The zero-order chi connectivity index (χ0) is 20.5. The third-order valence-corrected chi connectivity index (χ3v) is 6.72. The van der Waals surface area contributed by atoms with Gasteiger partial charge in [-0.1, -0.05) is 20.8 Å². The van der Waals surface area contributed by atoms with E-state index >= 15 is 0 Å². The van der Waals surface area contributed by atoms with Crippen LogP contribution in [0, 0.1) is 23.7 Å². The number of methoxy groups -OCH3 is 1. The number of benzene rings is 1. The van der Waals surface area contributed by atoms with Crippen LogP contribution < -0.4 is 4.74 Å². The minimum absolute atomic E-state index is 0.135. The quantitative estimate of drug-likeness (QED) is 0.491. The second kappa shape index (κ2) is 9.40. The van der Waals surface area contributed by atoms with Gasteiger partial charge in [0, 0.05) is 17.3 Å². The van der Waals surface area contributed by atoms with Crippen LogP contribution in [0.1, 0.15) is 64.0 Å². The molecule has 0 aliphatic heterocycles. The van der Waals surface area contributed by atoms with E-state index in [-0.39, 0.29) is 5.41 Å². The van der Waals surface area contributed by atoms with Crippen LogP contribution in [0.3, 0.4) is 0 Å². The fourth-order valence-electron chi connectivity index (χ4n) is 5.72. The van der Waals surface area contributed by atoms with Crippen LogP contribution in [-0.2, 0) is 26.3 Å². The van der Waals surface area contributed by atoms with Crippen LogP contribution in [0.25, 0.3) is 0 Å². The first-order valence-corrected chi connectivity index (χ1v) is 16.5. The first-order valence-electron chi connectivity index (χ1n) is 10.2. The molecule has 154 valence electrons. The molecule has 4 bridgehead atoms. The number of nitrogens with zero attached hydrogens (tertiary/aromatic N) is 1. The van der Waals surface area contributed by atoms with E-state index in [0.717, 1.165) is 40.5 Å². The number of hydrogen-bond acceptors (Lipinski definition) is 3. The second-order valence-corrected chi connectivity index (χ2v) is 13.4. The summed E-state index contributed by atoms with van der Waals surface area (Å²) in [4.78, 5) is 5.01. The van der Waals surface area contributed by atoms with E-state index < -0.39 is 20.8 Å². The van der Waals surface area contributed by atoms with Crippen molar-refractivity contribution in [2.24, 2.45) is 28.7 Å². The van der Waals surface area contributed by atoms with E-state index in [1.807, 2.05) is 18.3 Å². The Balaban J connectivity index is 0.000000706. The van der Waals surface area contributed by atoms with Gasteiger partial charge in [0.2, 0.25) is 0 Å². The molecule has 4 saturated carbocycles. The molecule has 4 aliphatic carbocycles. The summed E-state index contributed by atoms with van der Waals surface area (Å²) < 4.78 is 5.46. The summed E-state index contributed by atoms with van der Waals surface area (Å²) >= 11 is -0.826. The van der Waals surface area contributed by atoms with Gasteiger partial charge < -0.3 is 9.84 Å². The molecule has 1 aromatic rings. The Bertz CT molecular complexity index is 689. The van der Waals surface area contributed by atoms with Crippen molar-refractivity contribution in [3.05, 3.63) is 23.3 Å². The Hall–Kier alpha value is -0.0469. The number of rotatable bonds is 3. The normalized spacial score (nSPS) is 30.9. The Morgan fingerprint density at radius 1 is 1.07 bits per heavy atom. The predicted octanol–water partition coefficient (Wildman–Crippen LogP) is 6.32. The third-order valence-electron chi connectivity index (χ3n) is 6.72. The summed E-state index contributed by atoms with van der Waals surface area (Å²) in [6, 6.07) is 4.30. The number of halogens is 2. The minimum atomic E-state index is -0.826. The predicted molar refractivity (Wildman–Crippen MR) is 113 cm³/mol.